The first-order valence-electron chi connectivity index (χ1n) is 1.03. The van der Waals surface area contributed by atoms with Crippen LogP contribution in [-0.2, 0) is 10.4 Å². The Hall–Kier alpha value is 2.88. The third-order valence-electron chi connectivity index (χ3n) is 0. The zero-order valence-electron chi connectivity index (χ0n) is 3.98. The Bertz CT molecular complexity index is 106. The number of hydrazine groups is 1. The third kappa shape index (κ3) is 128. The van der Waals surface area contributed by atoms with Crippen LogP contribution in [0.5, 0.6) is 0 Å². The van der Waals surface area contributed by atoms with Crippen LogP contribution in [0.4, 0.5) is 0 Å². The molecule has 0 heterocycles. The van der Waals surface area contributed by atoms with Crippen LogP contribution in [0, 0.1) is 0 Å². The quantitative estimate of drug-likeness (QED) is 0.138. The monoisotopic (exact) mass is 410 g/mol. The Morgan fingerprint density at radius 2 is 1.10 bits per heavy atom. The second-order valence-electron chi connectivity index (χ2n) is 0.448. The fourth-order valence-electron chi connectivity index (χ4n) is 0. The van der Waals surface area contributed by atoms with Gasteiger partial charge < -0.3 is 0 Å². The summed E-state index contributed by atoms with van der Waals surface area (Å²) >= 11 is 0. The molecule has 60 valence electrons. The van der Waals surface area contributed by atoms with Crippen LogP contribution in [0.2, 0.25) is 0 Å². The van der Waals surface area contributed by atoms with Crippen LogP contribution >= 0.6 is 0 Å². The Kier molecular flexibility index (Phi) is 52.2. The van der Waals surface area contributed by atoms with E-state index >= 15 is 0 Å². The molecule has 0 aliphatic rings. The molecule has 0 aromatic heterocycles. The molecule has 6 nitrogen and oxygen atoms in total. The summed E-state index contributed by atoms with van der Waals surface area (Å²) in [5.74, 6) is 8.00. The van der Waals surface area contributed by atoms with E-state index in [-0.39, 0.29) is 96.0 Å². The molecule has 10 heavy (non-hydrogen) atoms. The van der Waals surface area contributed by atoms with Gasteiger partial charge in [0, 0.05) is 0 Å². The average Bonchev–Trinajstić information content (AvgIpc) is 1.36. The van der Waals surface area contributed by atoms with Crippen LogP contribution in [0.25, 0.3) is 0 Å². The van der Waals surface area contributed by atoms with Crippen molar-refractivity contribution in [3.8, 4) is 0 Å². The summed E-state index contributed by atoms with van der Waals surface area (Å²) in [5, 5.41) is 0. The predicted molar refractivity (Wildman–Crippen MR) is 48.2 cm³/mol. The van der Waals surface area contributed by atoms with E-state index in [0.29, 0.717) is 0 Å². The Balaban J connectivity index is -0.0000000154. The van der Waals surface area contributed by atoms with Crippen molar-refractivity contribution in [2.45, 2.75) is 0 Å². The Morgan fingerprint density at radius 1 is 1.10 bits per heavy atom. The minimum absolute atomic E-state index is 0. The summed E-state index contributed by atoms with van der Waals surface area (Å²) in [6, 6.07) is 0. The van der Waals surface area contributed by atoms with Crippen molar-refractivity contribution < 1.29 is 17.5 Å². The summed E-state index contributed by atoms with van der Waals surface area (Å²) in [7, 11) is -4.67. The molecular formula is H12AlKN2O4PbS. The van der Waals surface area contributed by atoms with Crippen molar-refractivity contribution in [1.29, 1.82) is 0 Å². The van der Waals surface area contributed by atoms with Crippen molar-refractivity contribution >= 4 is 106 Å². The molecule has 2 radical (unpaired) electrons. The summed E-state index contributed by atoms with van der Waals surface area (Å²) < 4.78 is 31.6. The van der Waals surface area contributed by atoms with E-state index in [1.807, 2.05) is 0 Å². The molecule has 0 aliphatic carbocycles. The SMILES string of the molecule is NN.O=S(=O)(O)O.[AlH3].[KH].[PbH2]. The molecule has 0 bridgehead atoms. The van der Waals surface area contributed by atoms with Crippen molar-refractivity contribution in [3.63, 3.8) is 0 Å². The van der Waals surface area contributed by atoms with Crippen LogP contribution in [0.3, 0.4) is 0 Å². The number of hydrogen-bond donors (Lipinski definition) is 4. The topological polar surface area (TPSA) is 127 Å². The van der Waals surface area contributed by atoms with E-state index in [4.69, 9.17) is 17.5 Å². The summed E-state index contributed by atoms with van der Waals surface area (Å²) in [6.07, 6.45) is 0. The molecule has 0 unspecified atom stereocenters. The van der Waals surface area contributed by atoms with E-state index in [1.165, 1.54) is 0 Å². The first-order valence-corrected chi connectivity index (χ1v) is 2.43. The molecule has 10 heteroatoms. The predicted octanol–water partition coefficient (Wildman–Crippen LogP) is -4.58. The van der Waals surface area contributed by atoms with Crippen molar-refractivity contribution in [2.75, 3.05) is 0 Å². The van der Waals surface area contributed by atoms with Gasteiger partial charge >= 0.3 is 89.1 Å². The first-order chi connectivity index (χ1) is 3.00. The van der Waals surface area contributed by atoms with Gasteiger partial charge in [-0.05, 0) is 0 Å². The fraction of sp³-hybridized carbons (Fsp3) is 0. The van der Waals surface area contributed by atoms with Gasteiger partial charge in [0.15, 0.2) is 17.4 Å². The molecule has 0 aromatic carbocycles. The fourth-order valence-corrected chi connectivity index (χ4v) is 0. The Morgan fingerprint density at radius 3 is 1.10 bits per heavy atom. The second kappa shape index (κ2) is 17.8. The molecule has 0 rings (SSSR count). The van der Waals surface area contributed by atoms with Gasteiger partial charge in [-0.2, -0.15) is 8.42 Å². The number of hydrogen-bond acceptors (Lipinski definition) is 4. The molecule has 6 N–H and O–H groups in total. The van der Waals surface area contributed by atoms with Crippen LogP contribution < -0.4 is 11.7 Å². The van der Waals surface area contributed by atoms with E-state index in [9.17, 15) is 0 Å². The molecular weight excluding hydrogens is 397 g/mol. The molecule has 0 aromatic rings. The van der Waals surface area contributed by atoms with E-state index in [0.717, 1.165) is 0 Å². The molecule has 0 saturated carbocycles. The zero-order valence-corrected chi connectivity index (χ0v) is 10.3. The minimum atomic E-state index is -4.67. The summed E-state index contributed by atoms with van der Waals surface area (Å²) in [5.41, 5.74) is 0. The van der Waals surface area contributed by atoms with Crippen molar-refractivity contribution in [2.24, 2.45) is 11.7 Å². The maximum absolute atomic E-state index is 8.74. The Labute approximate surface area is 133 Å². The average molecular weight is 409 g/mol. The van der Waals surface area contributed by atoms with E-state index in [1.54, 1.807) is 0 Å². The van der Waals surface area contributed by atoms with Crippen LogP contribution in [0.1, 0.15) is 0 Å². The van der Waals surface area contributed by atoms with E-state index in [2.05, 4.69) is 11.7 Å². The van der Waals surface area contributed by atoms with Gasteiger partial charge in [-0.3, -0.25) is 20.8 Å². The summed E-state index contributed by atoms with van der Waals surface area (Å²) in [4.78, 5) is 0. The molecule has 0 atom stereocenters. The van der Waals surface area contributed by atoms with Crippen molar-refractivity contribution in [3.05, 3.63) is 0 Å². The molecule has 0 saturated heterocycles. The van der Waals surface area contributed by atoms with Gasteiger partial charge in [-0.15, -0.1) is 0 Å². The molecule has 0 aliphatic heterocycles. The van der Waals surface area contributed by atoms with Crippen LogP contribution in [-0.4, -0.2) is 114 Å². The molecule has 0 spiro atoms. The standard InChI is InChI=1S/Al.K.H4N2.H2O4S.Pb.6H/c;;1-2;1-5(2,3)4;;;;;;;/h;;1-2H2;(H2,1,2,3,4);;;;;;;. The second-order valence-corrected chi connectivity index (χ2v) is 1.34. The van der Waals surface area contributed by atoms with Gasteiger partial charge in [-0.1, -0.05) is 0 Å². The van der Waals surface area contributed by atoms with E-state index < -0.39 is 10.4 Å². The van der Waals surface area contributed by atoms with Gasteiger partial charge in [0.2, 0.25) is 0 Å². The van der Waals surface area contributed by atoms with Gasteiger partial charge in [0.25, 0.3) is 0 Å². The normalized spacial score (nSPS) is 6.40. The maximum atomic E-state index is 8.74. The van der Waals surface area contributed by atoms with Crippen molar-refractivity contribution in [1.82, 2.24) is 0 Å². The summed E-state index contributed by atoms with van der Waals surface area (Å²) in [6.45, 7) is 0. The van der Waals surface area contributed by atoms with Gasteiger partial charge in [0.1, 0.15) is 0 Å². The zero-order chi connectivity index (χ0) is 6.50. The number of nitrogens with two attached hydrogens (primary N) is 2. The molecule has 0 fully saturated rings. The first kappa shape index (κ1) is 29.3. The molecule has 0 amide bonds. The van der Waals surface area contributed by atoms with Gasteiger partial charge in [0.05, 0.1) is 0 Å². The third-order valence-corrected chi connectivity index (χ3v) is 0. The van der Waals surface area contributed by atoms with Crippen LogP contribution in [0.15, 0.2) is 0 Å². The van der Waals surface area contributed by atoms with Gasteiger partial charge in [-0.25, -0.2) is 0 Å². The number of rotatable bonds is 0.